The first-order chi connectivity index (χ1) is 14.8. The molecule has 5 nitrogen and oxygen atoms in total. The average Bonchev–Trinajstić information content (AvgIpc) is 2.76. The lowest BCUT2D eigenvalue weighted by Gasteiger charge is -2.29. The highest BCUT2D eigenvalue weighted by atomic mass is 19.1. The molecule has 2 amide bonds. The van der Waals surface area contributed by atoms with E-state index < -0.39 is 6.04 Å². The Morgan fingerprint density at radius 2 is 1.71 bits per heavy atom. The number of ether oxygens (including phenoxy) is 1. The Morgan fingerprint density at radius 3 is 2.32 bits per heavy atom. The Kier molecular flexibility index (Phi) is 9.50. The van der Waals surface area contributed by atoms with Gasteiger partial charge in [-0.25, -0.2) is 4.39 Å². The summed E-state index contributed by atoms with van der Waals surface area (Å²) in [6.07, 6.45) is 1.60. The van der Waals surface area contributed by atoms with Crippen LogP contribution in [0.4, 0.5) is 4.39 Å². The molecule has 2 aromatic carbocycles. The van der Waals surface area contributed by atoms with E-state index in [0.29, 0.717) is 13.0 Å². The molecule has 0 aliphatic rings. The van der Waals surface area contributed by atoms with Crippen LogP contribution in [0, 0.1) is 12.7 Å². The zero-order valence-electron chi connectivity index (χ0n) is 18.9. The van der Waals surface area contributed by atoms with Crippen LogP contribution in [0.3, 0.4) is 0 Å². The fourth-order valence-electron chi connectivity index (χ4n) is 3.03. The normalized spacial score (nSPS) is 12.7. The molecule has 0 fully saturated rings. The molecule has 0 saturated heterocycles. The van der Waals surface area contributed by atoms with Gasteiger partial charge in [0.25, 0.3) is 0 Å². The van der Waals surface area contributed by atoms with Crippen molar-refractivity contribution in [1.82, 2.24) is 10.2 Å². The lowest BCUT2D eigenvalue weighted by atomic mass is 10.1. The van der Waals surface area contributed by atoms with Gasteiger partial charge in [0.05, 0.1) is 6.61 Å². The van der Waals surface area contributed by atoms with Gasteiger partial charge in [-0.3, -0.25) is 9.59 Å². The van der Waals surface area contributed by atoms with Gasteiger partial charge in [-0.2, -0.15) is 0 Å². The largest absolute Gasteiger partial charge is 0.494 e. The number of benzene rings is 2. The smallest absolute Gasteiger partial charge is 0.242 e. The second kappa shape index (κ2) is 12.1. The molecule has 2 aromatic rings. The van der Waals surface area contributed by atoms with E-state index in [9.17, 15) is 14.0 Å². The van der Waals surface area contributed by atoms with Crippen LogP contribution in [0.2, 0.25) is 0 Å². The van der Waals surface area contributed by atoms with Gasteiger partial charge in [0.2, 0.25) is 11.8 Å². The van der Waals surface area contributed by atoms with Gasteiger partial charge in [0, 0.05) is 19.0 Å². The highest BCUT2D eigenvalue weighted by Crippen LogP contribution is 2.15. The minimum Gasteiger partial charge on any atom is -0.494 e. The summed E-state index contributed by atoms with van der Waals surface area (Å²) in [7, 11) is 0. The average molecular weight is 429 g/mol. The number of aryl methyl sites for hydroxylation is 1. The van der Waals surface area contributed by atoms with Crippen molar-refractivity contribution < 1.29 is 18.7 Å². The van der Waals surface area contributed by atoms with E-state index >= 15 is 0 Å². The van der Waals surface area contributed by atoms with E-state index in [4.69, 9.17) is 4.74 Å². The van der Waals surface area contributed by atoms with Crippen LogP contribution in [0.25, 0.3) is 0 Å². The third-order valence-corrected chi connectivity index (χ3v) is 5.26. The summed E-state index contributed by atoms with van der Waals surface area (Å²) < 4.78 is 19.0. The van der Waals surface area contributed by atoms with Crippen LogP contribution >= 0.6 is 0 Å². The molecule has 0 heterocycles. The third-order valence-electron chi connectivity index (χ3n) is 5.26. The fourth-order valence-corrected chi connectivity index (χ4v) is 3.03. The maximum Gasteiger partial charge on any atom is 0.242 e. The molecule has 0 aliphatic heterocycles. The number of carbonyl (C=O) groups is 2. The summed E-state index contributed by atoms with van der Waals surface area (Å²) in [4.78, 5) is 27.2. The number of carbonyl (C=O) groups excluding carboxylic acids is 2. The number of rotatable bonds is 11. The summed E-state index contributed by atoms with van der Waals surface area (Å²) in [5.41, 5.74) is 1.93. The first kappa shape index (κ1) is 24.4. The summed E-state index contributed by atoms with van der Waals surface area (Å²) in [6.45, 7) is 8.31. The molecular formula is C25H33FN2O3. The Morgan fingerprint density at radius 1 is 1.06 bits per heavy atom. The zero-order chi connectivity index (χ0) is 22.8. The molecule has 0 bridgehead atoms. The highest BCUT2D eigenvalue weighted by molar-refractivity contribution is 5.87. The van der Waals surface area contributed by atoms with Crippen molar-refractivity contribution >= 4 is 11.8 Å². The van der Waals surface area contributed by atoms with Crippen molar-refractivity contribution in [3.63, 3.8) is 0 Å². The first-order valence-electron chi connectivity index (χ1n) is 10.8. The zero-order valence-corrected chi connectivity index (χ0v) is 18.9. The van der Waals surface area contributed by atoms with Gasteiger partial charge in [-0.05, 0) is 63.4 Å². The minimum absolute atomic E-state index is 0.0284. The Hall–Kier alpha value is -2.89. The van der Waals surface area contributed by atoms with Crippen LogP contribution in [-0.4, -0.2) is 35.4 Å². The first-order valence-corrected chi connectivity index (χ1v) is 10.8. The third kappa shape index (κ3) is 8.04. The lowest BCUT2D eigenvalue weighted by molar-refractivity contribution is -0.141. The van der Waals surface area contributed by atoms with E-state index in [2.05, 4.69) is 5.32 Å². The Labute approximate surface area is 184 Å². The van der Waals surface area contributed by atoms with Gasteiger partial charge >= 0.3 is 0 Å². The van der Waals surface area contributed by atoms with Crippen molar-refractivity contribution in [3.8, 4) is 5.75 Å². The van der Waals surface area contributed by atoms with E-state index in [1.165, 1.54) is 12.1 Å². The highest BCUT2D eigenvalue weighted by Gasteiger charge is 2.26. The van der Waals surface area contributed by atoms with Crippen LogP contribution in [0.15, 0.2) is 48.5 Å². The maximum atomic E-state index is 13.3. The standard InChI is InChI=1S/C25H33FN2O3/c1-5-19(3)27-25(30)20(4)28(17-21-10-12-22(26)13-11-21)24(29)7-6-16-31-23-14-8-18(2)9-15-23/h8-15,19-20H,5-7,16-17H2,1-4H3,(H,27,30)/t19-,20+/m1/s1. The number of amides is 2. The van der Waals surface area contributed by atoms with Gasteiger partial charge in [0.1, 0.15) is 17.6 Å². The van der Waals surface area contributed by atoms with E-state index in [1.54, 1.807) is 24.0 Å². The molecule has 168 valence electrons. The minimum atomic E-state index is -0.635. The topological polar surface area (TPSA) is 58.6 Å². The number of halogens is 1. The molecule has 0 spiro atoms. The molecule has 0 aromatic heterocycles. The number of hydrogen-bond donors (Lipinski definition) is 1. The van der Waals surface area contributed by atoms with Crippen LogP contribution in [-0.2, 0) is 16.1 Å². The molecule has 0 saturated carbocycles. The van der Waals surface area contributed by atoms with E-state index in [1.807, 2.05) is 45.0 Å². The van der Waals surface area contributed by atoms with Crippen LogP contribution in [0.5, 0.6) is 5.75 Å². The lowest BCUT2D eigenvalue weighted by Crippen LogP contribution is -2.49. The van der Waals surface area contributed by atoms with Gasteiger partial charge < -0.3 is 15.0 Å². The predicted octanol–water partition coefficient (Wildman–Crippen LogP) is 4.63. The number of nitrogens with zero attached hydrogens (tertiary/aromatic N) is 1. The second-order valence-corrected chi connectivity index (χ2v) is 7.91. The second-order valence-electron chi connectivity index (χ2n) is 7.91. The summed E-state index contributed by atoms with van der Waals surface area (Å²) in [5, 5.41) is 2.94. The van der Waals surface area contributed by atoms with Crippen molar-refractivity contribution in [2.24, 2.45) is 0 Å². The Balaban J connectivity index is 1.99. The van der Waals surface area contributed by atoms with Crippen LogP contribution < -0.4 is 10.1 Å². The number of hydrogen-bond acceptors (Lipinski definition) is 3. The van der Waals surface area contributed by atoms with Gasteiger partial charge in [0.15, 0.2) is 0 Å². The molecule has 1 N–H and O–H groups in total. The van der Waals surface area contributed by atoms with Crippen molar-refractivity contribution in [2.75, 3.05) is 6.61 Å². The quantitative estimate of drug-likeness (QED) is 0.531. The van der Waals surface area contributed by atoms with Crippen LogP contribution in [0.1, 0.15) is 51.2 Å². The molecule has 0 radical (unpaired) electrons. The predicted molar refractivity (Wildman–Crippen MR) is 120 cm³/mol. The molecule has 0 aliphatic carbocycles. The number of nitrogens with one attached hydrogen (secondary N) is 1. The maximum absolute atomic E-state index is 13.3. The molecule has 31 heavy (non-hydrogen) atoms. The Bertz CT molecular complexity index is 837. The monoisotopic (exact) mass is 428 g/mol. The fraction of sp³-hybridized carbons (Fsp3) is 0.440. The molecule has 6 heteroatoms. The molecule has 2 atom stereocenters. The molecule has 0 unspecified atom stereocenters. The SMILES string of the molecule is CC[C@@H](C)NC(=O)[C@H](C)N(Cc1ccc(F)cc1)C(=O)CCCOc1ccc(C)cc1. The van der Waals surface area contributed by atoms with Gasteiger partial charge in [-0.1, -0.05) is 36.8 Å². The van der Waals surface area contributed by atoms with E-state index in [-0.39, 0.29) is 36.6 Å². The molecule has 2 rings (SSSR count). The van der Waals surface area contributed by atoms with Crippen molar-refractivity contribution in [1.29, 1.82) is 0 Å². The summed E-state index contributed by atoms with van der Waals surface area (Å²) >= 11 is 0. The molecular weight excluding hydrogens is 395 g/mol. The summed E-state index contributed by atoms with van der Waals surface area (Å²) in [6, 6.07) is 13.1. The van der Waals surface area contributed by atoms with Crippen molar-refractivity contribution in [3.05, 3.63) is 65.5 Å². The van der Waals surface area contributed by atoms with E-state index in [0.717, 1.165) is 23.3 Å². The summed E-state index contributed by atoms with van der Waals surface area (Å²) in [5.74, 6) is 0.101. The van der Waals surface area contributed by atoms with Gasteiger partial charge in [-0.15, -0.1) is 0 Å². The van der Waals surface area contributed by atoms with Crippen molar-refractivity contribution in [2.45, 2.75) is 65.6 Å².